The molecule has 0 saturated carbocycles. The molecule has 0 bridgehead atoms. The molecule has 0 fully saturated rings. The van der Waals surface area contributed by atoms with Gasteiger partial charge in [0.15, 0.2) is 0 Å². The fraction of sp³-hybridized carbons (Fsp3) is 0.826. The molecule has 0 atom stereocenters. The first-order chi connectivity index (χ1) is 31.8. The van der Waals surface area contributed by atoms with Crippen molar-refractivity contribution in [3.63, 3.8) is 0 Å². The minimum atomic E-state index is -1.36. The van der Waals surface area contributed by atoms with Gasteiger partial charge in [0.05, 0.1) is 46.2 Å². The molecule has 0 aliphatic carbocycles. The van der Waals surface area contributed by atoms with Gasteiger partial charge in [0.25, 0.3) is 0 Å². The van der Waals surface area contributed by atoms with Crippen LogP contribution >= 0.6 is 0 Å². The molecule has 0 aliphatic rings. The molecule has 0 unspecified atom stereocenters. The molecule has 0 rings (SSSR count). The van der Waals surface area contributed by atoms with Crippen molar-refractivity contribution in [2.45, 2.75) is 162 Å². The Labute approximate surface area is 403 Å². The third-order valence-corrected chi connectivity index (χ3v) is 8.54. The molecule has 0 aliphatic heterocycles. The van der Waals surface area contributed by atoms with Crippen molar-refractivity contribution < 1.29 is 71.5 Å². The van der Waals surface area contributed by atoms with E-state index in [1.54, 1.807) is 62.3 Å². The molecule has 0 spiro atoms. The molecule has 0 radical (unpaired) electrons. The van der Waals surface area contributed by atoms with Gasteiger partial charge in [-0.05, 0) is 94.4 Å². The Morgan fingerprint density at radius 3 is 1.04 bits per heavy atom. The quantitative estimate of drug-likeness (QED) is 0.0271. The predicted octanol–water partition coefficient (Wildman–Crippen LogP) is 3.67. The SMILES string of the molecule is CCCCOC(=O)CCCC(=O)NC(COCCC(=O)NCCCNC(=O)OC(C)(C)C)(COCCC(=O)NCCCNC(=O)OC(C)(C)C)COCCC(=O)NCCCNC(=O)OC(C)(C)C. The van der Waals surface area contributed by atoms with Crippen LogP contribution in [0.1, 0.15) is 140 Å². The topological polar surface area (TPSA) is 285 Å². The summed E-state index contributed by atoms with van der Waals surface area (Å²) in [5, 5.41) is 19.1. The van der Waals surface area contributed by atoms with Gasteiger partial charge < -0.3 is 70.4 Å². The van der Waals surface area contributed by atoms with Crippen molar-refractivity contribution in [3.05, 3.63) is 0 Å². The van der Waals surface area contributed by atoms with E-state index in [1.165, 1.54) is 0 Å². The molecule has 68 heavy (non-hydrogen) atoms. The lowest BCUT2D eigenvalue weighted by Gasteiger charge is -2.34. The zero-order chi connectivity index (χ0) is 51.5. The molecule has 7 amide bonds. The summed E-state index contributed by atoms with van der Waals surface area (Å²) in [6.07, 6.45) is 1.37. The van der Waals surface area contributed by atoms with E-state index in [2.05, 4.69) is 37.2 Å². The number of hydrogen-bond donors (Lipinski definition) is 7. The van der Waals surface area contributed by atoms with Crippen LogP contribution in [0.15, 0.2) is 0 Å². The number of carbonyl (C=O) groups excluding carboxylic acids is 8. The van der Waals surface area contributed by atoms with Crippen LogP contribution in [0, 0.1) is 0 Å². The van der Waals surface area contributed by atoms with Gasteiger partial charge in [0, 0.05) is 71.4 Å². The monoisotopic (exact) mass is 976 g/mol. The van der Waals surface area contributed by atoms with Crippen LogP contribution in [0.4, 0.5) is 14.4 Å². The number of rotatable bonds is 35. The second-order valence-electron chi connectivity index (χ2n) is 19.1. The van der Waals surface area contributed by atoms with Crippen molar-refractivity contribution in [1.29, 1.82) is 0 Å². The fourth-order valence-corrected chi connectivity index (χ4v) is 5.41. The van der Waals surface area contributed by atoms with Crippen LogP contribution in [0.5, 0.6) is 0 Å². The average molecular weight is 976 g/mol. The zero-order valence-corrected chi connectivity index (χ0v) is 42.6. The van der Waals surface area contributed by atoms with E-state index in [9.17, 15) is 38.4 Å². The van der Waals surface area contributed by atoms with E-state index in [1.807, 2.05) is 6.92 Å². The Morgan fingerprint density at radius 2 is 0.721 bits per heavy atom. The van der Waals surface area contributed by atoms with Gasteiger partial charge in [-0.15, -0.1) is 0 Å². The molecule has 22 heteroatoms. The summed E-state index contributed by atoms with van der Waals surface area (Å²) in [7, 11) is 0. The van der Waals surface area contributed by atoms with Gasteiger partial charge in [0.2, 0.25) is 23.6 Å². The second kappa shape index (κ2) is 35.2. The molecule has 7 N–H and O–H groups in total. The Hall–Kier alpha value is -4.96. The highest BCUT2D eigenvalue weighted by Crippen LogP contribution is 2.13. The lowest BCUT2D eigenvalue weighted by molar-refractivity contribution is -0.144. The van der Waals surface area contributed by atoms with Crippen LogP contribution in [-0.2, 0) is 57.1 Å². The van der Waals surface area contributed by atoms with E-state index in [-0.39, 0.29) is 135 Å². The average Bonchev–Trinajstić information content (AvgIpc) is 3.20. The van der Waals surface area contributed by atoms with E-state index in [0.717, 1.165) is 12.8 Å². The highest BCUT2D eigenvalue weighted by molar-refractivity contribution is 5.78. The van der Waals surface area contributed by atoms with Crippen LogP contribution in [-0.4, -0.2) is 156 Å². The molecule has 0 heterocycles. The van der Waals surface area contributed by atoms with Crippen LogP contribution in [0.25, 0.3) is 0 Å². The molecule has 0 saturated heterocycles. The van der Waals surface area contributed by atoms with Crippen LogP contribution < -0.4 is 37.2 Å². The molecule has 0 aromatic rings. The molecule has 22 nitrogen and oxygen atoms in total. The third kappa shape index (κ3) is 40.1. The number of amides is 7. The first kappa shape index (κ1) is 63.0. The Bertz CT molecular complexity index is 1370. The van der Waals surface area contributed by atoms with E-state index in [0.29, 0.717) is 25.9 Å². The number of esters is 1. The smallest absolute Gasteiger partial charge is 0.407 e. The van der Waals surface area contributed by atoms with Crippen molar-refractivity contribution in [1.82, 2.24) is 37.2 Å². The minimum Gasteiger partial charge on any atom is -0.466 e. The summed E-state index contributed by atoms with van der Waals surface area (Å²) in [6.45, 7) is 19.1. The highest BCUT2D eigenvalue weighted by atomic mass is 16.6. The maximum atomic E-state index is 13.4. The number of alkyl carbamates (subject to hydrolysis) is 3. The maximum Gasteiger partial charge on any atom is 0.407 e. The number of hydrogen-bond acceptors (Lipinski definition) is 15. The Balaban J connectivity index is 5.63. The summed E-state index contributed by atoms with van der Waals surface area (Å²) in [5.41, 5.74) is -3.27. The van der Waals surface area contributed by atoms with Crippen molar-refractivity contribution >= 4 is 47.9 Å². The maximum absolute atomic E-state index is 13.4. The summed E-state index contributed by atoms with van der Waals surface area (Å²) < 4.78 is 38.7. The summed E-state index contributed by atoms with van der Waals surface area (Å²) in [5.74, 6) is -1.80. The molecular weight excluding hydrogens is 891 g/mol. The lowest BCUT2D eigenvalue weighted by atomic mass is 10.0. The summed E-state index contributed by atoms with van der Waals surface area (Å²) >= 11 is 0. The van der Waals surface area contributed by atoms with E-state index >= 15 is 0 Å². The Kier molecular flexibility index (Phi) is 32.6. The van der Waals surface area contributed by atoms with Crippen molar-refractivity contribution in [3.8, 4) is 0 Å². The standard InChI is InChI=1S/C46H85N7O15/c1-11-12-28-65-39(58)18-13-17-38(57)53-46(32-62-29-19-35(54)47-22-14-25-50-40(59)66-43(2,3)4,33-63-30-20-36(55)48-23-15-26-51-41(60)67-44(5,6)7)34-64-31-21-37(56)49-24-16-27-52-42(61)68-45(8,9)10/h11-34H2,1-10H3,(H,47,54)(H,48,55)(H,49,56)(H,50,59)(H,51,60)(H,52,61)(H,53,57). The summed E-state index contributed by atoms with van der Waals surface area (Å²) in [6, 6.07) is 0. The number of unbranched alkanes of at least 4 members (excludes halogenated alkanes) is 1. The number of nitrogens with one attached hydrogen (secondary N) is 7. The van der Waals surface area contributed by atoms with Gasteiger partial charge in [-0.3, -0.25) is 24.0 Å². The van der Waals surface area contributed by atoms with Gasteiger partial charge in [0.1, 0.15) is 22.3 Å². The fourth-order valence-electron chi connectivity index (χ4n) is 5.41. The van der Waals surface area contributed by atoms with Gasteiger partial charge in [-0.2, -0.15) is 0 Å². The molecule has 394 valence electrons. The van der Waals surface area contributed by atoms with Gasteiger partial charge in [-0.25, -0.2) is 14.4 Å². The molecule has 0 aromatic carbocycles. The number of ether oxygens (including phenoxy) is 7. The summed E-state index contributed by atoms with van der Waals surface area (Å²) in [4.78, 5) is 99.2. The highest BCUT2D eigenvalue weighted by Gasteiger charge is 2.34. The lowest BCUT2D eigenvalue weighted by Crippen LogP contribution is -2.58. The van der Waals surface area contributed by atoms with Gasteiger partial charge in [-0.1, -0.05) is 13.3 Å². The van der Waals surface area contributed by atoms with E-state index < -0.39 is 52.5 Å². The zero-order valence-electron chi connectivity index (χ0n) is 42.6. The largest absolute Gasteiger partial charge is 0.466 e. The normalized spacial score (nSPS) is 11.7. The first-order valence-corrected chi connectivity index (χ1v) is 23.7. The second-order valence-corrected chi connectivity index (χ2v) is 19.1. The molecular formula is C46H85N7O15. The minimum absolute atomic E-state index is 0.0260. The van der Waals surface area contributed by atoms with Crippen LogP contribution in [0.3, 0.4) is 0 Å². The number of carbonyl (C=O) groups is 8. The van der Waals surface area contributed by atoms with Crippen molar-refractivity contribution in [2.75, 3.05) is 85.5 Å². The van der Waals surface area contributed by atoms with Crippen molar-refractivity contribution in [2.24, 2.45) is 0 Å². The molecule has 0 aromatic heterocycles. The predicted molar refractivity (Wildman–Crippen MR) is 252 cm³/mol. The first-order valence-electron chi connectivity index (χ1n) is 23.7. The Morgan fingerprint density at radius 1 is 0.382 bits per heavy atom. The van der Waals surface area contributed by atoms with Gasteiger partial charge >= 0.3 is 24.2 Å². The van der Waals surface area contributed by atoms with Crippen LogP contribution in [0.2, 0.25) is 0 Å². The van der Waals surface area contributed by atoms with E-state index in [4.69, 9.17) is 33.2 Å². The third-order valence-electron chi connectivity index (χ3n) is 8.54.